The summed E-state index contributed by atoms with van der Waals surface area (Å²) in [5.74, 6) is 2.26. The SMILES string of the molecule is Nc1ccc2nc(SCC3COc4ccccc43)oc2c1. The smallest absolute Gasteiger partial charge is 0.256 e. The van der Waals surface area contributed by atoms with E-state index in [1.165, 1.54) is 5.56 Å². The molecule has 0 amide bonds. The Bertz CT molecular complexity index is 800. The Labute approximate surface area is 126 Å². The fraction of sp³-hybridized carbons (Fsp3) is 0.188. The second kappa shape index (κ2) is 5.00. The van der Waals surface area contributed by atoms with Gasteiger partial charge in [-0.3, -0.25) is 0 Å². The lowest BCUT2D eigenvalue weighted by Gasteiger charge is -2.05. The van der Waals surface area contributed by atoms with E-state index >= 15 is 0 Å². The van der Waals surface area contributed by atoms with E-state index < -0.39 is 0 Å². The average Bonchev–Trinajstić information content (AvgIpc) is 3.08. The number of anilines is 1. The third-order valence-electron chi connectivity index (χ3n) is 3.60. The number of ether oxygens (including phenoxy) is 1. The van der Waals surface area contributed by atoms with Gasteiger partial charge >= 0.3 is 0 Å². The topological polar surface area (TPSA) is 61.3 Å². The van der Waals surface area contributed by atoms with Crippen molar-refractivity contribution in [2.24, 2.45) is 0 Å². The summed E-state index contributed by atoms with van der Waals surface area (Å²) in [6.45, 7) is 0.722. The third kappa shape index (κ3) is 2.34. The molecule has 1 aliphatic rings. The lowest BCUT2D eigenvalue weighted by Crippen LogP contribution is -2.03. The Morgan fingerprint density at radius 3 is 3.10 bits per heavy atom. The minimum Gasteiger partial charge on any atom is -0.493 e. The van der Waals surface area contributed by atoms with Gasteiger partial charge in [-0.05, 0) is 18.2 Å². The van der Waals surface area contributed by atoms with Crippen LogP contribution in [0.25, 0.3) is 11.1 Å². The minimum atomic E-state index is 0.381. The molecule has 1 atom stereocenters. The number of benzene rings is 2. The Balaban J connectivity index is 1.51. The van der Waals surface area contributed by atoms with E-state index in [2.05, 4.69) is 11.1 Å². The third-order valence-corrected chi connectivity index (χ3v) is 4.59. The highest BCUT2D eigenvalue weighted by Gasteiger charge is 2.24. The van der Waals surface area contributed by atoms with Gasteiger partial charge in [0.2, 0.25) is 0 Å². The molecule has 21 heavy (non-hydrogen) atoms. The van der Waals surface area contributed by atoms with Crippen molar-refractivity contribution < 1.29 is 9.15 Å². The highest BCUT2D eigenvalue weighted by molar-refractivity contribution is 7.99. The van der Waals surface area contributed by atoms with Crippen LogP contribution in [-0.2, 0) is 0 Å². The molecule has 0 bridgehead atoms. The summed E-state index contributed by atoms with van der Waals surface area (Å²) < 4.78 is 11.4. The highest BCUT2D eigenvalue weighted by atomic mass is 32.2. The molecular formula is C16H14N2O2S. The minimum absolute atomic E-state index is 0.381. The summed E-state index contributed by atoms with van der Waals surface area (Å²) in [6, 6.07) is 13.7. The zero-order valence-corrected chi connectivity index (χ0v) is 12.1. The first kappa shape index (κ1) is 12.6. The van der Waals surface area contributed by atoms with Crippen LogP contribution in [0.2, 0.25) is 0 Å². The van der Waals surface area contributed by atoms with Crippen molar-refractivity contribution in [3.05, 3.63) is 48.0 Å². The Hall–Kier alpha value is -2.14. The quantitative estimate of drug-likeness (QED) is 0.590. The molecule has 5 heteroatoms. The van der Waals surface area contributed by atoms with Gasteiger partial charge in [-0.1, -0.05) is 30.0 Å². The molecule has 0 spiro atoms. The van der Waals surface area contributed by atoms with E-state index in [-0.39, 0.29) is 0 Å². The first-order valence-electron chi connectivity index (χ1n) is 6.80. The Morgan fingerprint density at radius 2 is 2.14 bits per heavy atom. The summed E-state index contributed by atoms with van der Waals surface area (Å²) in [7, 11) is 0. The number of hydrogen-bond donors (Lipinski definition) is 1. The zero-order chi connectivity index (χ0) is 14.2. The van der Waals surface area contributed by atoms with Gasteiger partial charge < -0.3 is 14.9 Å². The number of thioether (sulfide) groups is 1. The number of hydrogen-bond acceptors (Lipinski definition) is 5. The van der Waals surface area contributed by atoms with E-state index in [9.17, 15) is 0 Å². The van der Waals surface area contributed by atoms with Gasteiger partial charge in [0.1, 0.15) is 11.3 Å². The molecule has 106 valence electrons. The maximum absolute atomic E-state index is 5.75. The standard InChI is InChI=1S/C16H14N2O2S/c17-11-5-6-13-15(7-11)20-16(18-13)21-9-10-8-19-14-4-2-1-3-12(10)14/h1-7,10H,8-9,17H2. The molecule has 0 saturated heterocycles. The molecule has 1 aromatic heterocycles. The van der Waals surface area contributed by atoms with Gasteiger partial charge in [-0.15, -0.1) is 0 Å². The number of aromatic nitrogens is 1. The van der Waals surface area contributed by atoms with Gasteiger partial charge in [-0.25, -0.2) is 4.98 Å². The van der Waals surface area contributed by atoms with Gasteiger partial charge in [0, 0.05) is 29.0 Å². The summed E-state index contributed by atoms with van der Waals surface area (Å²) in [5, 5.41) is 0.681. The molecule has 1 aliphatic heterocycles. The Morgan fingerprint density at radius 1 is 1.24 bits per heavy atom. The van der Waals surface area contributed by atoms with E-state index in [4.69, 9.17) is 14.9 Å². The molecular weight excluding hydrogens is 284 g/mol. The second-order valence-electron chi connectivity index (χ2n) is 5.06. The zero-order valence-electron chi connectivity index (χ0n) is 11.3. The van der Waals surface area contributed by atoms with E-state index in [0.717, 1.165) is 29.2 Å². The molecule has 2 heterocycles. The van der Waals surface area contributed by atoms with Crippen molar-refractivity contribution in [2.75, 3.05) is 18.1 Å². The number of rotatable bonds is 3. The van der Waals surface area contributed by atoms with Crippen molar-refractivity contribution in [1.82, 2.24) is 4.98 Å². The van der Waals surface area contributed by atoms with Crippen LogP contribution in [0.5, 0.6) is 5.75 Å². The van der Waals surface area contributed by atoms with Crippen molar-refractivity contribution in [3.8, 4) is 5.75 Å². The van der Waals surface area contributed by atoms with Crippen LogP contribution in [-0.4, -0.2) is 17.3 Å². The van der Waals surface area contributed by atoms with E-state index in [0.29, 0.717) is 16.8 Å². The largest absolute Gasteiger partial charge is 0.493 e. The molecule has 2 N–H and O–H groups in total. The van der Waals surface area contributed by atoms with Gasteiger partial charge in [-0.2, -0.15) is 0 Å². The van der Waals surface area contributed by atoms with Crippen molar-refractivity contribution >= 4 is 28.5 Å². The molecule has 4 nitrogen and oxygen atoms in total. The van der Waals surface area contributed by atoms with E-state index in [1.807, 2.05) is 30.3 Å². The predicted molar refractivity (Wildman–Crippen MR) is 83.8 cm³/mol. The molecule has 0 saturated carbocycles. The summed E-state index contributed by atoms with van der Waals surface area (Å²) in [6.07, 6.45) is 0. The van der Waals surface area contributed by atoms with Crippen LogP contribution >= 0.6 is 11.8 Å². The number of oxazole rings is 1. The van der Waals surface area contributed by atoms with Gasteiger partial charge in [0.15, 0.2) is 5.58 Å². The summed E-state index contributed by atoms with van der Waals surface area (Å²) >= 11 is 1.61. The van der Waals surface area contributed by atoms with E-state index in [1.54, 1.807) is 17.8 Å². The molecule has 0 radical (unpaired) electrons. The fourth-order valence-corrected chi connectivity index (χ4v) is 3.45. The first-order valence-corrected chi connectivity index (χ1v) is 7.79. The van der Waals surface area contributed by atoms with Crippen LogP contribution in [0.3, 0.4) is 0 Å². The van der Waals surface area contributed by atoms with Crippen LogP contribution in [0.1, 0.15) is 11.5 Å². The fourth-order valence-electron chi connectivity index (χ4n) is 2.52. The molecule has 2 aromatic carbocycles. The predicted octanol–water partition coefficient (Wildman–Crippen LogP) is 3.68. The van der Waals surface area contributed by atoms with Crippen LogP contribution in [0, 0.1) is 0 Å². The molecule has 0 aliphatic carbocycles. The Kier molecular flexibility index (Phi) is 3.00. The lowest BCUT2D eigenvalue weighted by atomic mass is 10.0. The molecule has 4 rings (SSSR count). The number of fused-ring (bicyclic) bond motifs is 2. The lowest BCUT2D eigenvalue weighted by molar-refractivity contribution is 0.338. The summed E-state index contributed by atoms with van der Waals surface area (Å²) in [5.41, 5.74) is 9.28. The average molecular weight is 298 g/mol. The number of nitrogens with two attached hydrogens (primary N) is 1. The first-order chi connectivity index (χ1) is 10.3. The molecule has 3 aromatic rings. The van der Waals surface area contributed by atoms with Crippen LogP contribution in [0.4, 0.5) is 5.69 Å². The van der Waals surface area contributed by atoms with Crippen molar-refractivity contribution in [1.29, 1.82) is 0 Å². The molecule has 1 unspecified atom stereocenters. The number of nitrogen functional groups attached to an aromatic ring is 1. The van der Waals surface area contributed by atoms with Gasteiger partial charge in [0.05, 0.1) is 6.61 Å². The maximum Gasteiger partial charge on any atom is 0.256 e. The number of nitrogens with zero attached hydrogens (tertiary/aromatic N) is 1. The van der Waals surface area contributed by atoms with Gasteiger partial charge in [0.25, 0.3) is 5.22 Å². The highest BCUT2D eigenvalue weighted by Crippen LogP contribution is 2.37. The van der Waals surface area contributed by atoms with Crippen LogP contribution in [0.15, 0.2) is 52.1 Å². The number of para-hydroxylation sites is 1. The van der Waals surface area contributed by atoms with Crippen LogP contribution < -0.4 is 10.5 Å². The molecule has 0 fully saturated rings. The normalized spacial score (nSPS) is 16.9. The monoisotopic (exact) mass is 298 g/mol. The second-order valence-corrected chi connectivity index (χ2v) is 6.03. The van der Waals surface area contributed by atoms with Crippen molar-refractivity contribution in [2.45, 2.75) is 11.1 Å². The van der Waals surface area contributed by atoms with Crippen molar-refractivity contribution in [3.63, 3.8) is 0 Å². The summed E-state index contributed by atoms with van der Waals surface area (Å²) in [4.78, 5) is 4.47. The maximum atomic E-state index is 5.75.